The number of anilines is 1. The van der Waals surface area contributed by atoms with Crippen LogP contribution in [0.2, 0.25) is 0 Å². The summed E-state index contributed by atoms with van der Waals surface area (Å²) in [7, 11) is 0. The van der Waals surface area contributed by atoms with Gasteiger partial charge in [-0.15, -0.1) is 11.3 Å². The standard InChI is InChI=1S/C14H17N3O2S/c1-3-10-7-16-14(20-10)8(2)17-13(19)11-6-9(18)4-5-12(11)15/h4-8,18H,3,15H2,1-2H3,(H,17,19). The number of nitrogens with zero attached hydrogens (tertiary/aromatic N) is 1. The van der Waals surface area contributed by atoms with Gasteiger partial charge in [-0.05, 0) is 31.5 Å². The van der Waals surface area contributed by atoms with Gasteiger partial charge in [-0.2, -0.15) is 0 Å². The minimum Gasteiger partial charge on any atom is -0.508 e. The summed E-state index contributed by atoms with van der Waals surface area (Å²) in [5, 5.41) is 13.1. The van der Waals surface area contributed by atoms with Gasteiger partial charge in [0.15, 0.2) is 0 Å². The molecule has 1 aromatic heterocycles. The summed E-state index contributed by atoms with van der Waals surface area (Å²) in [6, 6.07) is 4.11. The van der Waals surface area contributed by atoms with Crippen molar-refractivity contribution in [2.24, 2.45) is 0 Å². The first-order valence-corrected chi connectivity index (χ1v) is 7.17. The molecule has 0 aliphatic rings. The monoisotopic (exact) mass is 291 g/mol. The Bertz CT molecular complexity index is 625. The summed E-state index contributed by atoms with van der Waals surface area (Å²) in [5.74, 6) is -0.307. The number of amides is 1. The van der Waals surface area contributed by atoms with Crippen LogP contribution < -0.4 is 11.1 Å². The summed E-state index contributed by atoms with van der Waals surface area (Å²) in [5.41, 5.74) is 6.35. The van der Waals surface area contributed by atoms with Gasteiger partial charge in [0.1, 0.15) is 10.8 Å². The van der Waals surface area contributed by atoms with Crippen LogP contribution in [0.3, 0.4) is 0 Å². The molecule has 0 radical (unpaired) electrons. The Kier molecular flexibility index (Phi) is 4.24. The molecule has 5 nitrogen and oxygen atoms in total. The minimum absolute atomic E-state index is 0.0134. The van der Waals surface area contributed by atoms with E-state index in [0.717, 1.165) is 11.4 Å². The van der Waals surface area contributed by atoms with Gasteiger partial charge in [0, 0.05) is 16.8 Å². The lowest BCUT2D eigenvalue weighted by Crippen LogP contribution is -2.27. The first-order valence-electron chi connectivity index (χ1n) is 6.35. The number of nitrogens with two attached hydrogens (primary N) is 1. The van der Waals surface area contributed by atoms with Gasteiger partial charge in [-0.1, -0.05) is 6.92 Å². The number of phenolic OH excluding ortho intramolecular Hbond substituents is 1. The number of aromatic nitrogens is 1. The molecule has 2 rings (SSSR count). The number of nitrogens with one attached hydrogen (secondary N) is 1. The number of aromatic hydroxyl groups is 1. The highest BCUT2D eigenvalue weighted by atomic mass is 32.1. The van der Waals surface area contributed by atoms with Crippen LogP contribution in [0.4, 0.5) is 5.69 Å². The normalized spacial score (nSPS) is 12.1. The molecule has 6 heteroatoms. The van der Waals surface area contributed by atoms with E-state index in [0.29, 0.717) is 5.69 Å². The van der Waals surface area contributed by atoms with Crippen LogP contribution in [0.1, 0.15) is 40.1 Å². The van der Waals surface area contributed by atoms with Crippen molar-refractivity contribution < 1.29 is 9.90 Å². The maximum absolute atomic E-state index is 12.2. The van der Waals surface area contributed by atoms with E-state index in [1.54, 1.807) is 11.3 Å². The molecule has 0 fully saturated rings. The van der Waals surface area contributed by atoms with E-state index in [2.05, 4.69) is 17.2 Å². The number of hydrogen-bond acceptors (Lipinski definition) is 5. The fourth-order valence-electron chi connectivity index (χ4n) is 1.76. The minimum atomic E-state index is -0.320. The summed E-state index contributed by atoms with van der Waals surface area (Å²) >= 11 is 1.58. The third-order valence-electron chi connectivity index (χ3n) is 2.92. The fraction of sp³-hybridized carbons (Fsp3) is 0.286. The molecule has 0 saturated carbocycles. The quantitative estimate of drug-likeness (QED) is 0.596. The Hall–Kier alpha value is -2.08. The SMILES string of the molecule is CCc1cnc(C(C)NC(=O)c2cc(O)ccc2N)s1. The predicted octanol–water partition coefficient (Wildman–Crippen LogP) is 2.48. The first-order chi connectivity index (χ1) is 9.51. The molecule has 0 saturated heterocycles. The molecule has 4 N–H and O–H groups in total. The largest absolute Gasteiger partial charge is 0.508 e. The van der Waals surface area contributed by atoms with Crippen molar-refractivity contribution in [3.63, 3.8) is 0 Å². The molecule has 1 atom stereocenters. The number of phenols is 1. The van der Waals surface area contributed by atoms with Gasteiger partial charge < -0.3 is 16.2 Å². The highest BCUT2D eigenvalue weighted by Gasteiger charge is 2.16. The van der Waals surface area contributed by atoms with Crippen LogP contribution >= 0.6 is 11.3 Å². The summed E-state index contributed by atoms with van der Waals surface area (Å²) < 4.78 is 0. The lowest BCUT2D eigenvalue weighted by molar-refractivity contribution is 0.0940. The van der Waals surface area contributed by atoms with Crippen LogP contribution in [0.15, 0.2) is 24.4 Å². The Morgan fingerprint density at radius 1 is 1.55 bits per heavy atom. The Balaban J connectivity index is 2.12. The summed E-state index contributed by atoms with van der Waals surface area (Å²) in [4.78, 5) is 17.6. The summed E-state index contributed by atoms with van der Waals surface area (Å²) in [6.07, 6.45) is 2.75. The average Bonchev–Trinajstić information content (AvgIpc) is 2.90. The predicted molar refractivity (Wildman–Crippen MR) is 79.9 cm³/mol. The molecule has 1 unspecified atom stereocenters. The molecule has 2 aromatic rings. The second-order valence-electron chi connectivity index (χ2n) is 4.49. The van der Waals surface area contributed by atoms with Crippen LogP contribution in [0.25, 0.3) is 0 Å². The molecule has 0 aliphatic carbocycles. The average molecular weight is 291 g/mol. The van der Waals surface area contributed by atoms with Gasteiger partial charge in [0.2, 0.25) is 0 Å². The lowest BCUT2D eigenvalue weighted by Gasteiger charge is -2.12. The van der Waals surface area contributed by atoms with Crippen molar-refractivity contribution in [1.82, 2.24) is 10.3 Å². The molecule has 1 heterocycles. The van der Waals surface area contributed by atoms with Crippen molar-refractivity contribution >= 4 is 22.9 Å². The van der Waals surface area contributed by atoms with Gasteiger partial charge in [0.25, 0.3) is 5.91 Å². The van der Waals surface area contributed by atoms with E-state index < -0.39 is 0 Å². The number of carbonyl (C=O) groups is 1. The number of aryl methyl sites for hydroxylation is 1. The van der Waals surface area contributed by atoms with E-state index in [-0.39, 0.29) is 23.3 Å². The van der Waals surface area contributed by atoms with Crippen LogP contribution in [0.5, 0.6) is 5.75 Å². The number of thiazole rings is 1. The molecule has 0 aliphatic heterocycles. The van der Waals surface area contributed by atoms with Crippen LogP contribution in [-0.2, 0) is 6.42 Å². The zero-order chi connectivity index (χ0) is 14.7. The molecule has 0 bridgehead atoms. The Morgan fingerprint density at radius 2 is 2.30 bits per heavy atom. The van der Waals surface area contributed by atoms with E-state index in [9.17, 15) is 9.90 Å². The molecular formula is C14H17N3O2S. The van der Waals surface area contributed by atoms with Crippen molar-refractivity contribution in [2.75, 3.05) is 5.73 Å². The molecular weight excluding hydrogens is 274 g/mol. The van der Waals surface area contributed by atoms with Gasteiger partial charge in [-0.25, -0.2) is 4.98 Å². The zero-order valence-corrected chi connectivity index (χ0v) is 12.2. The molecule has 1 amide bonds. The maximum atomic E-state index is 12.2. The van der Waals surface area contributed by atoms with Gasteiger partial charge >= 0.3 is 0 Å². The zero-order valence-electron chi connectivity index (χ0n) is 11.4. The number of hydrogen-bond donors (Lipinski definition) is 3. The second-order valence-corrected chi connectivity index (χ2v) is 5.63. The Labute approximate surface area is 121 Å². The molecule has 20 heavy (non-hydrogen) atoms. The van der Waals surface area contributed by atoms with Crippen molar-refractivity contribution in [3.05, 3.63) is 39.8 Å². The van der Waals surface area contributed by atoms with Crippen molar-refractivity contribution in [3.8, 4) is 5.75 Å². The highest BCUT2D eigenvalue weighted by Crippen LogP contribution is 2.22. The van der Waals surface area contributed by atoms with E-state index in [4.69, 9.17) is 5.73 Å². The van der Waals surface area contributed by atoms with Crippen LogP contribution in [-0.4, -0.2) is 16.0 Å². The number of nitrogen functional groups attached to an aromatic ring is 1. The molecule has 0 spiro atoms. The number of benzene rings is 1. The van der Waals surface area contributed by atoms with Crippen molar-refractivity contribution in [1.29, 1.82) is 0 Å². The number of carbonyl (C=O) groups excluding carboxylic acids is 1. The van der Waals surface area contributed by atoms with Gasteiger partial charge in [0.05, 0.1) is 11.6 Å². The number of rotatable bonds is 4. The van der Waals surface area contributed by atoms with E-state index in [1.165, 1.54) is 23.1 Å². The smallest absolute Gasteiger partial charge is 0.254 e. The Morgan fingerprint density at radius 3 is 2.95 bits per heavy atom. The lowest BCUT2D eigenvalue weighted by atomic mass is 10.1. The third-order valence-corrected chi connectivity index (χ3v) is 4.24. The highest BCUT2D eigenvalue weighted by molar-refractivity contribution is 7.11. The molecule has 106 valence electrons. The van der Waals surface area contributed by atoms with Crippen molar-refractivity contribution in [2.45, 2.75) is 26.3 Å². The first kappa shape index (κ1) is 14.3. The maximum Gasteiger partial charge on any atom is 0.254 e. The third kappa shape index (κ3) is 3.08. The van der Waals surface area contributed by atoms with Gasteiger partial charge in [-0.3, -0.25) is 4.79 Å². The molecule has 1 aromatic carbocycles. The second kappa shape index (κ2) is 5.92. The topological polar surface area (TPSA) is 88.2 Å². The summed E-state index contributed by atoms with van der Waals surface area (Å²) in [6.45, 7) is 3.93. The fourth-order valence-corrected chi connectivity index (χ4v) is 2.62. The van der Waals surface area contributed by atoms with E-state index in [1.807, 2.05) is 13.1 Å². The van der Waals surface area contributed by atoms with Crippen LogP contribution in [0, 0.1) is 0 Å². The van der Waals surface area contributed by atoms with E-state index >= 15 is 0 Å².